The van der Waals surface area contributed by atoms with Gasteiger partial charge in [-0.1, -0.05) is 27.7 Å². The van der Waals surface area contributed by atoms with E-state index >= 15 is 0 Å². The highest BCUT2D eigenvalue weighted by Gasteiger charge is 2.19. The predicted octanol–water partition coefficient (Wildman–Crippen LogP) is 2.19. The maximum absolute atomic E-state index is 11.0. The minimum Gasteiger partial charge on any atom is -0.300 e. The van der Waals surface area contributed by atoms with E-state index in [1.54, 1.807) is 6.92 Å². The van der Waals surface area contributed by atoms with Crippen LogP contribution in [0.4, 0.5) is 0 Å². The summed E-state index contributed by atoms with van der Waals surface area (Å²) in [6, 6.07) is 0.0833. The van der Waals surface area contributed by atoms with Gasteiger partial charge < -0.3 is 0 Å². The summed E-state index contributed by atoms with van der Waals surface area (Å²) in [6.07, 6.45) is 0. The van der Waals surface area contributed by atoms with E-state index in [0.29, 0.717) is 5.92 Å². The molecule has 0 rings (SSSR count). The fraction of sp³-hybridized carbons (Fsp3) is 0.900. The Morgan fingerprint density at radius 2 is 1.50 bits per heavy atom. The quantitative estimate of drug-likeness (QED) is 0.652. The van der Waals surface area contributed by atoms with Gasteiger partial charge in [-0.25, -0.2) is 0 Å². The molecule has 0 N–H and O–H groups in total. The molecule has 12 heavy (non-hydrogen) atoms. The lowest BCUT2D eigenvalue weighted by atomic mass is 10.0. The molecule has 0 bridgehead atoms. The van der Waals surface area contributed by atoms with Gasteiger partial charge in [-0.3, -0.25) is 9.69 Å². The third-order valence-electron chi connectivity index (χ3n) is 1.60. The van der Waals surface area contributed by atoms with Crippen LogP contribution >= 0.6 is 0 Å². The van der Waals surface area contributed by atoms with Crippen molar-refractivity contribution in [2.45, 2.75) is 40.7 Å². The van der Waals surface area contributed by atoms with Crippen molar-refractivity contribution in [3.63, 3.8) is 0 Å². The lowest BCUT2D eigenvalue weighted by Gasteiger charge is -2.24. The second kappa shape index (κ2) is 7.29. The van der Waals surface area contributed by atoms with Crippen LogP contribution in [0.2, 0.25) is 0 Å². The minimum atomic E-state index is 0.0833. The largest absolute Gasteiger partial charge is 0.300 e. The van der Waals surface area contributed by atoms with E-state index in [-0.39, 0.29) is 11.8 Å². The Hall–Kier alpha value is -0.370. The van der Waals surface area contributed by atoms with E-state index in [9.17, 15) is 4.79 Å². The summed E-state index contributed by atoms with van der Waals surface area (Å²) in [5.74, 6) is 0.660. The van der Waals surface area contributed by atoms with E-state index in [1.165, 1.54) is 0 Å². The number of likely N-dealkylation sites (N-methyl/N-ethyl adjacent to an activating group) is 1. The van der Waals surface area contributed by atoms with Gasteiger partial charge in [0.1, 0.15) is 5.78 Å². The summed E-state index contributed by atoms with van der Waals surface area (Å²) in [4.78, 5) is 13.0. The van der Waals surface area contributed by atoms with Crippen molar-refractivity contribution >= 4 is 5.78 Å². The maximum Gasteiger partial charge on any atom is 0.147 e. The fourth-order valence-corrected chi connectivity index (χ4v) is 1.43. The molecule has 1 unspecified atom stereocenters. The number of carbonyl (C=O) groups is 1. The molecule has 0 aromatic heterocycles. The molecule has 1 atom stereocenters. The first kappa shape index (κ1) is 14.2. The lowest BCUT2D eigenvalue weighted by molar-refractivity contribution is -0.122. The number of hydrogen-bond acceptors (Lipinski definition) is 2. The average Bonchev–Trinajstić information content (AvgIpc) is 1.88. The Balaban J connectivity index is 0. The molecule has 0 saturated carbocycles. The molecule has 2 heteroatoms. The monoisotopic (exact) mass is 173 g/mol. The molecular formula is C10H23NO. The van der Waals surface area contributed by atoms with Crippen LogP contribution < -0.4 is 0 Å². The van der Waals surface area contributed by atoms with Crippen molar-refractivity contribution in [2.24, 2.45) is 5.92 Å². The normalized spacial score (nSPS) is 12.4. The van der Waals surface area contributed by atoms with Crippen molar-refractivity contribution in [3.05, 3.63) is 0 Å². The zero-order valence-electron chi connectivity index (χ0n) is 9.51. The number of rotatable bonds is 3. The molecule has 0 aromatic carbocycles. The Kier molecular flexibility index (Phi) is 8.61. The Labute approximate surface area is 77.0 Å². The van der Waals surface area contributed by atoms with Gasteiger partial charge >= 0.3 is 0 Å². The molecule has 0 amide bonds. The number of carbonyl (C=O) groups excluding carboxylic acids is 1. The zero-order chi connectivity index (χ0) is 10.3. The van der Waals surface area contributed by atoms with Crippen LogP contribution in [0.25, 0.3) is 0 Å². The van der Waals surface area contributed by atoms with Crippen molar-refractivity contribution in [2.75, 3.05) is 14.1 Å². The van der Waals surface area contributed by atoms with Gasteiger partial charge in [0.2, 0.25) is 0 Å². The Morgan fingerprint density at radius 3 is 1.50 bits per heavy atom. The van der Waals surface area contributed by atoms with Crippen molar-refractivity contribution in [1.29, 1.82) is 0 Å². The zero-order valence-corrected chi connectivity index (χ0v) is 9.51. The predicted molar refractivity (Wildman–Crippen MR) is 54.3 cm³/mol. The van der Waals surface area contributed by atoms with Gasteiger partial charge in [0.05, 0.1) is 6.04 Å². The number of hydrogen-bond donors (Lipinski definition) is 0. The molecule has 0 heterocycles. The maximum atomic E-state index is 11.0. The number of nitrogens with zero attached hydrogens (tertiary/aromatic N) is 1. The van der Waals surface area contributed by atoms with Crippen molar-refractivity contribution in [1.82, 2.24) is 4.90 Å². The minimum absolute atomic E-state index is 0.0833. The average molecular weight is 173 g/mol. The number of Topliss-reactive ketones (excluding diaryl/α,β-unsaturated/α-hetero) is 1. The van der Waals surface area contributed by atoms with Crippen LogP contribution in [0.1, 0.15) is 34.6 Å². The van der Waals surface area contributed by atoms with E-state index in [2.05, 4.69) is 13.8 Å². The summed E-state index contributed by atoms with van der Waals surface area (Å²) < 4.78 is 0. The second-order valence-electron chi connectivity index (χ2n) is 3.26. The van der Waals surface area contributed by atoms with Crippen LogP contribution in [-0.4, -0.2) is 30.8 Å². The van der Waals surface area contributed by atoms with Gasteiger partial charge in [-0.2, -0.15) is 0 Å². The van der Waals surface area contributed by atoms with Crippen molar-refractivity contribution in [3.8, 4) is 0 Å². The molecule has 0 aliphatic rings. The third-order valence-corrected chi connectivity index (χ3v) is 1.60. The molecule has 0 aromatic rings. The van der Waals surface area contributed by atoms with Gasteiger partial charge in [-0.05, 0) is 26.9 Å². The summed E-state index contributed by atoms with van der Waals surface area (Å²) in [7, 11) is 3.87. The fourth-order valence-electron chi connectivity index (χ4n) is 1.43. The van der Waals surface area contributed by atoms with E-state index < -0.39 is 0 Å². The van der Waals surface area contributed by atoms with Crippen LogP contribution in [0.5, 0.6) is 0 Å². The molecule has 74 valence electrons. The van der Waals surface area contributed by atoms with Gasteiger partial charge in [0.15, 0.2) is 0 Å². The highest BCUT2D eigenvalue weighted by atomic mass is 16.1. The molecule has 0 radical (unpaired) electrons. The SMILES string of the molecule is CC.CC(=O)C(C(C)C)N(C)C. The molecule has 0 aliphatic carbocycles. The van der Waals surface area contributed by atoms with E-state index in [0.717, 1.165) is 0 Å². The molecule has 0 fully saturated rings. The highest BCUT2D eigenvalue weighted by molar-refractivity contribution is 5.81. The smallest absolute Gasteiger partial charge is 0.147 e. The summed E-state index contributed by atoms with van der Waals surface area (Å²) in [6.45, 7) is 9.77. The highest BCUT2D eigenvalue weighted by Crippen LogP contribution is 2.07. The molecular weight excluding hydrogens is 150 g/mol. The topological polar surface area (TPSA) is 20.3 Å². The Morgan fingerprint density at radius 1 is 1.17 bits per heavy atom. The van der Waals surface area contributed by atoms with Gasteiger partial charge in [-0.15, -0.1) is 0 Å². The first-order chi connectivity index (χ1) is 5.46. The molecule has 0 aliphatic heterocycles. The van der Waals surface area contributed by atoms with Crippen LogP contribution in [-0.2, 0) is 4.79 Å². The Bertz CT molecular complexity index is 111. The van der Waals surface area contributed by atoms with Gasteiger partial charge in [0, 0.05) is 0 Å². The van der Waals surface area contributed by atoms with Crippen molar-refractivity contribution < 1.29 is 4.79 Å². The summed E-state index contributed by atoms with van der Waals surface area (Å²) >= 11 is 0. The van der Waals surface area contributed by atoms with E-state index in [4.69, 9.17) is 0 Å². The lowest BCUT2D eigenvalue weighted by Crippen LogP contribution is -2.38. The first-order valence-electron chi connectivity index (χ1n) is 4.63. The molecule has 0 spiro atoms. The number of ketones is 1. The standard InChI is InChI=1S/C8H17NO.C2H6/c1-6(2)8(7(3)10)9(4)5;1-2/h6,8H,1-5H3;1-2H3. The van der Waals surface area contributed by atoms with Crippen LogP contribution in [0.3, 0.4) is 0 Å². The molecule has 0 saturated heterocycles. The van der Waals surface area contributed by atoms with E-state index in [1.807, 2.05) is 32.8 Å². The summed E-state index contributed by atoms with van der Waals surface area (Å²) in [5.41, 5.74) is 0. The van der Waals surface area contributed by atoms with Gasteiger partial charge in [0.25, 0.3) is 0 Å². The van der Waals surface area contributed by atoms with Crippen LogP contribution in [0, 0.1) is 5.92 Å². The van der Waals surface area contributed by atoms with Crippen LogP contribution in [0.15, 0.2) is 0 Å². The molecule has 2 nitrogen and oxygen atoms in total. The first-order valence-corrected chi connectivity index (χ1v) is 4.63. The second-order valence-corrected chi connectivity index (χ2v) is 3.26. The third kappa shape index (κ3) is 5.30. The summed E-state index contributed by atoms with van der Waals surface area (Å²) in [5, 5.41) is 0.